The predicted octanol–water partition coefficient (Wildman–Crippen LogP) is -0.276. The van der Waals surface area contributed by atoms with E-state index in [-0.39, 0.29) is 12.5 Å². The number of nitrogens with one attached hydrogen (secondary N) is 1. The number of aromatic nitrogens is 2. The highest BCUT2D eigenvalue weighted by Gasteiger charge is 2.43. The van der Waals surface area contributed by atoms with Crippen molar-refractivity contribution in [2.45, 2.75) is 57.8 Å². The van der Waals surface area contributed by atoms with Crippen LogP contribution in [0.25, 0.3) is 0 Å². The van der Waals surface area contributed by atoms with Crippen molar-refractivity contribution >= 4 is 7.82 Å². The number of hydrogen-bond acceptors (Lipinski definition) is 7. The highest BCUT2D eigenvalue weighted by molar-refractivity contribution is 7.46. The Bertz CT molecular complexity index is 726. The topological polar surface area (TPSA) is 160 Å². The molecule has 26 heavy (non-hydrogen) atoms. The Labute approximate surface area is 149 Å². The molecule has 1 aromatic rings. The van der Waals surface area contributed by atoms with Gasteiger partial charge in [-0.15, -0.1) is 0 Å². The standard InChI is InChI=1S/C13H21N2O8P.CH4O/c1-7(2)21-9-6-11(15-5-4-10(16)14-13(15)17)22-12(9)8(3)23-24(18,19)20;1-2/h4-5,7-9,11-12H,6H2,1-3H3,(H,14,16,17)(H2,18,19,20);2H,1H3. The highest BCUT2D eigenvalue weighted by atomic mass is 31.2. The summed E-state index contributed by atoms with van der Waals surface area (Å²) in [6, 6.07) is 1.19. The molecule has 12 heteroatoms. The van der Waals surface area contributed by atoms with E-state index in [1.165, 1.54) is 23.8 Å². The fraction of sp³-hybridized carbons (Fsp3) is 0.714. The first-order chi connectivity index (χ1) is 12.1. The van der Waals surface area contributed by atoms with Crippen LogP contribution in [0, 0.1) is 0 Å². The van der Waals surface area contributed by atoms with Gasteiger partial charge in [-0.2, -0.15) is 0 Å². The van der Waals surface area contributed by atoms with Gasteiger partial charge in [0, 0.05) is 25.8 Å². The third-order valence-electron chi connectivity index (χ3n) is 3.49. The second kappa shape index (κ2) is 9.56. The summed E-state index contributed by atoms with van der Waals surface area (Å²) in [6.45, 7) is 5.08. The minimum absolute atomic E-state index is 0.158. The first kappa shape index (κ1) is 22.7. The van der Waals surface area contributed by atoms with E-state index in [2.05, 4.69) is 9.51 Å². The summed E-state index contributed by atoms with van der Waals surface area (Å²) in [5.41, 5.74) is -1.17. The zero-order valence-electron chi connectivity index (χ0n) is 14.9. The number of phosphoric ester groups is 1. The third kappa shape index (κ3) is 6.44. The molecular weight excluding hydrogens is 371 g/mol. The van der Waals surface area contributed by atoms with Crippen molar-refractivity contribution in [2.75, 3.05) is 7.11 Å². The number of aliphatic hydroxyl groups excluding tert-OH is 1. The van der Waals surface area contributed by atoms with Crippen molar-refractivity contribution in [3.8, 4) is 0 Å². The van der Waals surface area contributed by atoms with Crippen LogP contribution in [0.5, 0.6) is 0 Å². The second-order valence-electron chi connectivity index (χ2n) is 5.83. The normalized spacial score (nSPS) is 24.2. The van der Waals surface area contributed by atoms with Crippen LogP contribution < -0.4 is 11.2 Å². The van der Waals surface area contributed by atoms with Crippen molar-refractivity contribution in [3.05, 3.63) is 33.1 Å². The van der Waals surface area contributed by atoms with Crippen LogP contribution in [0.2, 0.25) is 0 Å². The first-order valence-electron chi connectivity index (χ1n) is 7.88. The second-order valence-corrected chi connectivity index (χ2v) is 7.02. The molecule has 4 N–H and O–H groups in total. The zero-order chi connectivity index (χ0) is 20.1. The molecule has 150 valence electrons. The monoisotopic (exact) mass is 396 g/mol. The van der Waals surface area contributed by atoms with E-state index < -0.39 is 43.6 Å². The Morgan fingerprint density at radius 2 is 1.92 bits per heavy atom. The molecule has 11 nitrogen and oxygen atoms in total. The molecule has 1 saturated heterocycles. The number of H-pyrrole nitrogens is 1. The Hall–Kier alpha value is -1.33. The molecule has 0 spiro atoms. The first-order valence-corrected chi connectivity index (χ1v) is 9.41. The van der Waals surface area contributed by atoms with Gasteiger partial charge in [0.2, 0.25) is 0 Å². The molecule has 1 fully saturated rings. The van der Waals surface area contributed by atoms with E-state index in [4.69, 9.17) is 24.4 Å². The molecule has 0 amide bonds. The Balaban J connectivity index is 0.00000163. The van der Waals surface area contributed by atoms with Gasteiger partial charge < -0.3 is 24.4 Å². The zero-order valence-corrected chi connectivity index (χ0v) is 15.8. The summed E-state index contributed by atoms with van der Waals surface area (Å²) in [6.07, 6.45) is -1.61. The fourth-order valence-corrected chi connectivity index (χ4v) is 3.22. The fourth-order valence-electron chi connectivity index (χ4n) is 2.66. The van der Waals surface area contributed by atoms with Gasteiger partial charge in [0.05, 0.1) is 18.3 Å². The van der Waals surface area contributed by atoms with Gasteiger partial charge in [0.1, 0.15) is 12.3 Å². The molecule has 4 atom stereocenters. The number of aliphatic hydroxyl groups is 1. The van der Waals surface area contributed by atoms with Gasteiger partial charge in [-0.1, -0.05) is 0 Å². The number of phosphoric acid groups is 1. The molecule has 0 aromatic carbocycles. The van der Waals surface area contributed by atoms with Gasteiger partial charge in [-0.25, -0.2) is 9.36 Å². The van der Waals surface area contributed by atoms with Gasteiger partial charge in [-0.3, -0.25) is 18.9 Å². The molecule has 1 aromatic heterocycles. The number of nitrogens with zero attached hydrogens (tertiary/aromatic N) is 1. The van der Waals surface area contributed by atoms with Crippen molar-refractivity contribution in [1.82, 2.24) is 9.55 Å². The molecule has 1 aliphatic heterocycles. The summed E-state index contributed by atoms with van der Waals surface area (Å²) < 4.78 is 28.4. The average molecular weight is 396 g/mol. The largest absolute Gasteiger partial charge is 0.469 e. The number of ether oxygens (including phenoxy) is 2. The summed E-state index contributed by atoms with van der Waals surface area (Å²) >= 11 is 0. The van der Waals surface area contributed by atoms with Gasteiger partial charge in [-0.05, 0) is 20.8 Å². The lowest BCUT2D eigenvalue weighted by Gasteiger charge is -2.26. The molecular formula is C14H25N2O9P. The molecule has 2 heterocycles. The molecule has 0 saturated carbocycles. The maximum atomic E-state index is 11.9. The minimum atomic E-state index is -4.69. The van der Waals surface area contributed by atoms with E-state index in [9.17, 15) is 14.2 Å². The van der Waals surface area contributed by atoms with E-state index >= 15 is 0 Å². The minimum Gasteiger partial charge on any atom is -0.400 e. The van der Waals surface area contributed by atoms with Gasteiger partial charge in [0.25, 0.3) is 5.56 Å². The maximum Gasteiger partial charge on any atom is 0.469 e. The lowest BCUT2D eigenvalue weighted by atomic mass is 10.1. The molecule has 4 unspecified atom stereocenters. The number of hydrogen-bond donors (Lipinski definition) is 4. The van der Waals surface area contributed by atoms with Crippen LogP contribution >= 0.6 is 7.82 Å². The third-order valence-corrected chi connectivity index (χ3v) is 4.10. The van der Waals surface area contributed by atoms with Gasteiger partial charge >= 0.3 is 13.5 Å². The SMILES string of the molecule is CC(C)OC1CC(n2ccc(=O)[nH]c2=O)OC1C(C)OP(=O)(O)O.CO. The lowest BCUT2D eigenvalue weighted by molar-refractivity contribution is -0.0984. The van der Waals surface area contributed by atoms with Crippen LogP contribution in [0.1, 0.15) is 33.4 Å². The van der Waals surface area contributed by atoms with Crippen molar-refractivity contribution in [2.24, 2.45) is 0 Å². The highest BCUT2D eigenvalue weighted by Crippen LogP contribution is 2.41. The quantitative estimate of drug-likeness (QED) is 0.474. The van der Waals surface area contributed by atoms with Crippen molar-refractivity contribution in [1.29, 1.82) is 0 Å². The molecule has 2 rings (SSSR count). The van der Waals surface area contributed by atoms with Crippen molar-refractivity contribution in [3.63, 3.8) is 0 Å². The molecule has 0 bridgehead atoms. The van der Waals surface area contributed by atoms with E-state index in [0.29, 0.717) is 0 Å². The summed E-state index contributed by atoms with van der Waals surface area (Å²) in [7, 11) is -3.69. The van der Waals surface area contributed by atoms with E-state index in [1.54, 1.807) is 0 Å². The molecule has 0 aliphatic carbocycles. The summed E-state index contributed by atoms with van der Waals surface area (Å²) in [5, 5.41) is 7.00. The molecule has 0 radical (unpaired) electrons. The van der Waals surface area contributed by atoms with E-state index in [0.717, 1.165) is 7.11 Å². The summed E-state index contributed by atoms with van der Waals surface area (Å²) in [5.74, 6) is 0. The van der Waals surface area contributed by atoms with Crippen LogP contribution in [-0.2, 0) is 18.6 Å². The smallest absolute Gasteiger partial charge is 0.400 e. The summed E-state index contributed by atoms with van der Waals surface area (Å²) in [4.78, 5) is 43.1. The van der Waals surface area contributed by atoms with Gasteiger partial charge in [0.15, 0.2) is 0 Å². The number of aromatic amines is 1. The van der Waals surface area contributed by atoms with Crippen LogP contribution in [0.4, 0.5) is 0 Å². The lowest BCUT2D eigenvalue weighted by Crippen LogP contribution is -2.37. The maximum absolute atomic E-state index is 11.9. The average Bonchev–Trinajstić information content (AvgIpc) is 2.90. The van der Waals surface area contributed by atoms with E-state index in [1.807, 2.05) is 13.8 Å². The van der Waals surface area contributed by atoms with Crippen molar-refractivity contribution < 1.29 is 33.5 Å². The van der Waals surface area contributed by atoms with Crippen LogP contribution in [-0.4, -0.2) is 56.0 Å². The Morgan fingerprint density at radius 3 is 2.42 bits per heavy atom. The Morgan fingerprint density at radius 1 is 1.31 bits per heavy atom. The van der Waals surface area contributed by atoms with Crippen LogP contribution in [0.15, 0.2) is 21.9 Å². The number of rotatable bonds is 6. The Kier molecular flexibility index (Phi) is 8.35. The molecule has 1 aliphatic rings. The van der Waals surface area contributed by atoms with Crippen LogP contribution in [0.3, 0.4) is 0 Å². The predicted molar refractivity (Wildman–Crippen MR) is 90.6 cm³/mol.